The molecule has 0 aliphatic heterocycles. The van der Waals surface area contributed by atoms with E-state index in [0.717, 1.165) is 17.4 Å². The van der Waals surface area contributed by atoms with Crippen LogP contribution in [0.1, 0.15) is 65.2 Å². The molecule has 0 heterocycles. The highest BCUT2D eigenvalue weighted by Crippen LogP contribution is 2.32. The van der Waals surface area contributed by atoms with Gasteiger partial charge >= 0.3 is 0 Å². The number of carbonyl (C=O) groups is 1. The highest BCUT2D eigenvalue weighted by Gasteiger charge is 2.20. The Hall–Kier alpha value is -1.37. The van der Waals surface area contributed by atoms with Crippen LogP contribution in [-0.4, -0.2) is 6.29 Å². The minimum Gasteiger partial charge on any atom is -0.299 e. The molecule has 0 bridgehead atoms. The van der Waals surface area contributed by atoms with Crippen molar-refractivity contribution in [2.45, 2.75) is 59.3 Å². The molecule has 0 spiro atoms. The Kier molecular flexibility index (Phi) is 4.39. The van der Waals surface area contributed by atoms with Crippen LogP contribution in [0.15, 0.2) is 24.3 Å². The SMILES string of the molecule is C/C(=C\C=O)c1cc(C(C)(C)C)cc(C(C)(C)C)c1. The van der Waals surface area contributed by atoms with Crippen LogP contribution >= 0.6 is 0 Å². The normalized spacial score (nSPS) is 13.5. The molecule has 0 aliphatic rings. The maximum atomic E-state index is 10.7. The molecule has 1 nitrogen and oxygen atoms in total. The molecular weight excluding hydrogens is 232 g/mol. The molecule has 1 aromatic rings. The molecule has 0 saturated carbocycles. The molecule has 1 aromatic carbocycles. The van der Waals surface area contributed by atoms with Crippen molar-refractivity contribution in [1.82, 2.24) is 0 Å². The van der Waals surface area contributed by atoms with Gasteiger partial charge in [0, 0.05) is 0 Å². The number of rotatable bonds is 2. The fraction of sp³-hybridized carbons (Fsp3) is 0.500. The maximum absolute atomic E-state index is 10.7. The van der Waals surface area contributed by atoms with Gasteiger partial charge in [0.25, 0.3) is 0 Å². The monoisotopic (exact) mass is 258 g/mol. The van der Waals surface area contributed by atoms with Gasteiger partial charge in [-0.3, -0.25) is 4.79 Å². The smallest absolute Gasteiger partial charge is 0.143 e. The molecular formula is C18H26O. The number of benzene rings is 1. The minimum absolute atomic E-state index is 0.109. The van der Waals surface area contributed by atoms with E-state index in [0.29, 0.717) is 0 Å². The van der Waals surface area contributed by atoms with Crippen molar-refractivity contribution < 1.29 is 4.79 Å². The Bertz CT molecular complexity index is 461. The molecule has 0 amide bonds. The third kappa shape index (κ3) is 4.05. The zero-order valence-corrected chi connectivity index (χ0v) is 13.3. The molecule has 0 saturated heterocycles. The summed E-state index contributed by atoms with van der Waals surface area (Å²) < 4.78 is 0. The molecule has 0 unspecified atom stereocenters. The van der Waals surface area contributed by atoms with Crippen LogP contribution in [0.3, 0.4) is 0 Å². The Morgan fingerprint density at radius 3 is 1.63 bits per heavy atom. The Labute approximate surface area is 117 Å². The standard InChI is InChI=1S/C18H26O/c1-13(8-9-19)14-10-15(17(2,3)4)12-16(11-14)18(5,6)7/h8-12H,1-7H3/b13-8+. The second kappa shape index (κ2) is 5.32. The van der Waals surface area contributed by atoms with Crippen molar-refractivity contribution in [3.05, 3.63) is 41.0 Å². The number of allylic oxidation sites excluding steroid dienone is 2. The molecule has 0 aromatic heterocycles. The topological polar surface area (TPSA) is 17.1 Å². The van der Waals surface area contributed by atoms with E-state index in [1.165, 1.54) is 11.1 Å². The van der Waals surface area contributed by atoms with Crippen molar-refractivity contribution >= 4 is 11.9 Å². The first-order valence-corrected chi connectivity index (χ1v) is 6.84. The molecule has 0 N–H and O–H groups in total. The van der Waals surface area contributed by atoms with Gasteiger partial charge in [-0.25, -0.2) is 0 Å². The van der Waals surface area contributed by atoms with E-state index < -0.39 is 0 Å². The van der Waals surface area contributed by atoms with Crippen molar-refractivity contribution in [3.8, 4) is 0 Å². The molecule has 1 heteroatoms. The van der Waals surface area contributed by atoms with Gasteiger partial charge in [0.05, 0.1) is 0 Å². The molecule has 0 radical (unpaired) electrons. The predicted octanol–water partition coefficient (Wildman–Crippen LogP) is 4.88. The van der Waals surface area contributed by atoms with E-state index in [9.17, 15) is 4.79 Å². The van der Waals surface area contributed by atoms with Crippen LogP contribution in [0.25, 0.3) is 5.57 Å². The molecule has 19 heavy (non-hydrogen) atoms. The average molecular weight is 258 g/mol. The summed E-state index contributed by atoms with van der Waals surface area (Å²) in [5.41, 5.74) is 5.01. The number of hydrogen-bond acceptors (Lipinski definition) is 1. The molecule has 0 aliphatic carbocycles. The third-order valence-corrected chi connectivity index (χ3v) is 3.44. The highest BCUT2D eigenvalue weighted by atomic mass is 16.1. The average Bonchev–Trinajstić information content (AvgIpc) is 2.26. The summed E-state index contributed by atoms with van der Waals surface area (Å²) in [6, 6.07) is 6.69. The van der Waals surface area contributed by atoms with Gasteiger partial charge in [0.2, 0.25) is 0 Å². The Balaban J connectivity index is 3.50. The zero-order chi connectivity index (χ0) is 14.8. The van der Waals surface area contributed by atoms with Gasteiger partial charge in [-0.15, -0.1) is 0 Å². The van der Waals surface area contributed by atoms with Crippen LogP contribution < -0.4 is 0 Å². The van der Waals surface area contributed by atoms with Gasteiger partial charge in [0.15, 0.2) is 0 Å². The molecule has 1 rings (SSSR count). The predicted molar refractivity (Wildman–Crippen MR) is 83.6 cm³/mol. The highest BCUT2D eigenvalue weighted by molar-refractivity contribution is 5.81. The van der Waals surface area contributed by atoms with Gasteiger partial charge < -0.3 is 0 Å². The van der Waals surface area contributed by atoms with Crippen molar-refractivity contribution in [2.24, 2.45) is 0 Å². The van der Waals surface area contributed by atoms with Gasteiger partial charge in [0.1, 0.15) is 6.29 Å². The van der Waals surface area contributed by atoms with Crippen molar-refractivity contribution in [2.75, 3.05) is 0 Å². The van der Waals surface area contributed by atoms with E-state index >= 15 is 0 Å². The summed E-state index contributed by atoms with van der Waals surface area (Å²) in [6.07, 6.45) is 2.49. The summed E-state index contributed by atoms with van der Waals surface area (Å²) in [7, 11) is 0. The molecule has 0 fully saturated rings. The lowest BCUT2D eigenvalue weighted by atomic mass is 9.79. The summed E-state index contributed by atoms with van der Waals surface area (Å²) in [6.45, 7) is 15.3. The zero-order valence-electron chi connectivity index (χ0n) is 13.3. The van der Waals surface area contributed by atoms with Gasteiger partial charge in [-0.1, -0.05) is 59.7 Å². The summed E-state index contributed by atoms with van der Waals surface area (Å²) >= 11 is 0. The van der Waals surface area contributed by atoms with Crippen LogP contribution in [0, 0.1) is 0 Å². The van der Waals surface area contributed by atoms with Crippen LogP contribution in [-0.2, 0) is 15.6 Å². The van der Waals surface area contributed by atoms with E-state index in [-0.39, 0.29) is 10.8 Å². The van der Waals surface area contributed by atoms with E-state index in [4.69, 9.17) is 0 Å². The van der Waals surface area contributed by atoms with Crippen LogP contribution in [0.4, 0.5) is 0 Å². The fourth-order valence-electron chi connectivity index (χ4n) is 1.92. The van der Waals surface area contributed by atoms with Gasteiger partial charge in [-0.05, 0) is 46.1 Å². The minimum atomic E-state index is 0.109. The number of hydrogen-bond donors (Lipinski definition) is 0. The number of aldehydes is 1. The van der Waals surface area contributed by atoms with E-state index in [1.54, 1.807) is 6.08 Å². The van der Waals surface area contributed by atoms with E-state index in [2.05, 4.69) is 59.7 Å². The first kappa shape index (κ1) is 15.7. The maximum Gasteiger partial charge on any atom is 0.143 e. The molecule has 104 valence electrons. The van der Waals surface area contributed by atoms with Crippen molar-refractivity contribution in [1.29, 1.82) is 0 Å². The Morgan fingerprint density at radius 2 is 1.32 bits per heavy atom. The van der Waals surface area contributed by atoms with Crippen LogP contribution in [0.2, 0.25) is 0 Å². The van der Waals surface area contributed by atoms with Crippen molar-refractivity contribution in [3.63, 3.8) is 0 Å². The Morgan fingerprint density at radius 1 is 0.895 bits per heavy atom. The second-order valence-corrected chi connectivity index (χ2v) is 7.28. The fourth-order valence-corrected chi connectivity index (χ4v) is 1.92. The van der Waals surface area contributed by atoms with E-state index in [1.807, 2.05) is 6.92 Å². The second-order valence-electron chi connectivity index (χ2n) is 7.28. The lowest BCUT2D eigenvalue weighted by Gasteiger charge is -2.26. The quantitative estimate of drug-likeness (QED) is 0.545. The number of carbonyl (C=O) groups excluding carboxylic acids is 1. The first-order chi connectivity index (χ1) is 8.55. The largest absolute Gasteiger partial charge is 0.299 e. The first-order valence-electron chi connectivity index (χ1n) is 6.84. The van der Waals surface area contributed by atoms with Gasteiger partial charge in [-0.2, -0.15) is 0 Å². The van der Waals surface area contributed by atoms with Crippen LogP contribution in [0.5, 0.6) is 0 Å². The lowest BCUT2D eigenvalue weighted by molar-refractivity contribution is -0.104. The summed E-state index contributed by atoms with van der Waals surface area (Å²) in [5.74, 6) is 0. The summed E-state index contributed by atoms with van der Waals surface area (Å²) in [5, 5.41) is 0. The molecule has 0 atom stereocenters. The third-order valence-electron chi connectivity index (χ3n) is 3.44. The summed E-state index contributed by atoms with van der Waals surface area (Å²) in [4.78, 5) is 10.7. The lowest BCUT2D eigenvalue weighted by Crippen LogP contribution is -2.16.